The van der Waals surface area contributed by atoms with Gasteiger partial charge in [0.15, 0.2) is 0 Å². The van der Waals surface area contributed by atoms with Gasteiger partial charge in [0.25, 0.3) is 0 Å². The number of carbonyl (C=O) groups excluding carboxylic acids is 1. The Morgan fingerprint density at radius 1 is 1.10 bits per heavy atom. The zero-order valence-electron chi connectivity index (χ0n) is 12.7. The van der Waals surface area contributed by atoms with E-state index in [1.807, 2.05) is 0 Å². The molecule has 0 saturated heterocycles. The molecule has 0 spiro atoms. The van der Waals surface area contributed by atoms with Gasteiger partial charge in [-0.2, -0.15) is 0 Å². The Labute approximate surface area is 126 Å². The molecule has 0 bridgehead atoms. The van der Waals surface area contributed by atoms with Crippen LogP contribution in [-0.2, 0) is 4.79 Å². The van der Waals surface area contributed by atoms with Crippen molar-refractivity contribution in [2.45, 2.75) is 63.8 Å². The maximum absolute atomic E-state index is 12.2. The highest BCUT2D eigenvalue weighted by atomic mass is 16.4. The van der Waals surface area contributed by atoms with Gasteiger partial charge in [0, 0.05) is 25.6 Å². The van der Waals surface area contributed by atoms with E-state index in [1.54, 1.807) is 4.90 Å². The first-order valence-electron chi connectivity index (χ1n) is 8.02. The van der Waals surface area contributed by atoms with E-state index in [0.29, 0.717) is 19.5 Å². The first-order valence-corrected chi connectivity index (χ1v) is 8.02. The van der Waals surface area contributed by atoms with Crippen LogP contribution in [0.1, 0.15) is 57.8 Å². The highest BCUT2D eigenvalue weighted by molar-refractivity contribution is 5.74. The second kappa shape index (κ2) is 10.4. The molecule has 1 saturated carbocycles. The maximum Gasteiger partial charge on any atom is 0.317 e. The van der Waals surface area contributed by atoms with Crippen LogP contribution >= 0.6 is 0 Å². The first kappa shape index (κ1) is 17.8. The van der Waals surface area contributed by atoms with Crippen LogP contribution in [0.4, 0.5) is 4.79 Å². The van der Waals surface area contributed by atoms with Gasteiger partial charge < -0.3 is 20.4 Å². The summed E-state index contributed by atoms with van der Waals surface area (Å²) in [5, 5.41) is 20.5. The molecule has 0 radical (unpaired) electrons. The minimum Gasteiger partial charge on any atom is -0.481 e. The van der Waals surface area contributed by atoms with Crippen LogP contribution in [-0.4, -0.2) is 52.9 Å². The van der Waals surface area contributed by atoms with Gasteiger partial charge in [0.2, 0.25) is 0 Å². The second-order valence-corrected chi connectivity index (χ2v) is 5.65. The number of hydrogen-bond acceptors (Lipinski definition) is 3. The molecular weight excluding hydrogens is 272 g/mol. The average Bonchev–Trinajstić information content (AvgIpc) is 2.48. The summed E-state index contributed by atoms with van der Waals surface area (Å²) < 4.78 is 0. The Balaban J connectivity index is 2.24. The lowest BCUT2D eigenvalue weighted by Crippen LogP contribution is -2.48. The molecule has 0 aromatic heterocycles. The standard InChI is InChI=1S/C15H28N2O4/c18-12-11-17(13-7-3-1-4-8-13)15(21)16-10-6-2-5-9-14(19)20/h13,18H,1-12H2,(H,16,21)(H,19,20). The lowest BCUT2D eigenvalue weighted by molar-refractivity contribution is -0.137. The smallest absolute Gasteiger partial charge is 0.317 e. The molecule has 2 amide bonds. The highest BCUT2D eigenvalue weighted by Gasteiger charge is 2.24. The lowest BCUT2D eigenvalue weighted by Gasteiger charge is -2.34. The van der Waals surface area contributed by atoms with Crippen LogP contribution in [0.3, 0.4) is 0 Å². The van der Waals surface area contributed by atoms with E-state index in [4.69, 9.17) is 10.2 Å². The number of urea groups is 1. The number of aliphatic hydroxyl groups excluding tert-OH is 1. The second-order valence-electron chi connectivity index (χ2n) is 5.65. The monoisotopic (exact) mass is 300 g/mol. The predicted octanol–water partition coefficient (Wildman–Crippen LogP) is 1.97. The quantitative estimate of drug-likeness (QED) is 0.568. The number of carboxylic acid groups (broad SMARTS) is 1. The Kier molecular flexibility index (Phi) is 8.82. The fourth-order valence-corrected chi connectivity index (χ4v) is 2.83. The molecule has 1 fully saturated rings. The summed E-state index contributed by atoms with van der Waals surface area (Å²) in [4.78, 5) is 24.3. The summed E-state index contributed by atoms with van der Waals surface area (Å²) in [6.45, 7) is 0.936. The summed E-state index contributed by atoms with van der Waals surface area (Å²) >= 11 is 0. The van der Waals surface area contributed by atoms with Gasteiger partial charge in [-0.15, -0.1) is 0 Å². The number of hydrogen-bond donors (Lipinski definition) is 3. The molecule has 0 aromatic carbocycles. The Morgan fingerprint density at radius 3 is 2.43 bits per heavy atom. The number of rotatable bonds is 9. The summed E-state index contributed by atoms with van der Waals surface area (Å²) in [6, 6.07) is 0.145. The summed E-state index contributed by atoms with van der Waals surface area (Å²) in [5.74, 6) is -0.773. The lowest BCUT2D eigenvalue weighted by atomic mass is 9.94. The molecule has 1 rings (SSSR count). The van der Waals surface area contributed by atoms with Gasteiger partial charge in [0.05, 0.1) is 6.61 Å². The molecular formula is C15H28N2O4. The van der Waals surface area contributed by atoms with Crippen molar-refractivity contribution < 1.29 is 19.8 Å². The number of aliphatic hydroxyl groups is 1. The molecule has 0 aromatic rings. The predicted molar refractivity (Wildman–Crippen MR) is 80.2 cm³/mol. The minimum atomic E-state index is -0.773. The van der Waals surface area contributed by atoms with E-state index in [1.165, 1.54) is 6.42 Å². The van der Waals surface area contributed by atoms with Gasteiger partial charge in [-0.3, -0.25) is 4.79 Å². The molecule has 21 heavy (non-hydrogen) atoms. The number of aliphatic carboxylic acids is 1. The van der Waals surface area contributed by atoms with Crippen molar-refractivity contribution in [2.75, 3.05) is 19.7 Å². The minimum absolute atomic E-state index is 0.0114. The third kappa shape index (κ3) is 7.32. The molecule has 0 unspecified atom stereocenters. The Morgan fingerprint density at radius 2 is 1.81 bits per heavy atom. The number of carbonyl (C=O) groups is 2. The highest BCUT2D eigenvalue weighted by Crippen LogP contribution is 2.22. The number of carboxylic acids is 1. The van der Waals surface area contributed by atoms with Gasteiger partial charge in [0.1, 0.15) is 0 Å². The van der Waals surface area contributed by atoms with Gasteiger partial charge >= 0.3 is 12.0 Å². The number of amides is 2. The van der Waals surface area contributed by atoms with Crippen molar-refractivity contribution in [3.63, 3.8) is 0 Å². The molecule has 1 aliphatic carbocycles. The molecule has 0 heterocycles. The fraction of sp³-hybridized carbons (Fsp3) is 0.867. The molecule has 3 N–H and O–H groups in total. The number of nitrogens with zero attached hydrogens (tertiary/aromatic N) is 1. The van der Waals surface area contributed by atoms with E-state index in [9.17, 15) is 9.59 Å². The zero-order valence-corrected chi connectivity index (χ0v) is 12.7. The van der Waals surface area contributed by atoms with Gasteiger partial charge in [-0.05, 0) is 25.7 Å². The summed E-state index contributed by atoms with van der Waals surface area (Å²) in [5.41, 5.74) is 0. The molecule has 1 aliphatic rings. The number of unbranched alkanes of at least 4 members (excludes halogenated alkanes) is 2. The third-order valence-electron chi connectivity index (χ3n) is 3.96. The van der Waals surface area contributed by atoms with Crippen molar-refractivity contribution >= 4 is 12.0 Å². The summed E-state index contributed by atoms with van der Waals surface area (Å²) in [6.07, 6.45) is 7.99. The molecule has 6 heteroatoms. The van der Waals surface area contributed by atoms with Crippen LogP contribution < -0.4 is 5.32 Å². The molecule has 0 atom stereocenters. The van der Waals surface area contributed by atoms with Crippen LogP contribution in [0.15, 0.2) is 0 Å². The van der Waals surface area contributed by atoms with Crippen LogP contribution in [0.5, 0.6) is 0 Å². The van der Waals surface area contributed by atoms with Gasteiger partial charge in [-0.25, -0.2) is 4.79 Å². The zero-order chi connectivity index (χ0) is 15.5. The molecule has 0 aliphatic heterocycles. The average molecular weight is 300 g/mol. The Bertz CT molecular complexity index is 317. The normalized spacial score (nSPS) is 15.7. The maximum atomic E-state index is 12.2. The topological polar surface area (TPSA) is 89.9 Å². The Hall–Kier alpha value is -1.30. The van der Waals surface area contributed by atoms with E-state index < -0.39 is 5.97 Å². The van der Waals surface area contributed by atoms with Crippen molar-refractivity contribution in [3.05, 3.63) is 0 Å². The van der Waals surface area contributed by atoms with E-state index in [-0.39, 0.29) is 25.1 Å². The third-order valence-corrected chi connectivity index (χ3v) is 3.96. The first-order chi connectivity index (χ1) is 10.1. The number of nitrogens with one attached hydrogen (secondary N) is 1. The van der Waals surface area contributed by atoms with Crippen molar-refractivity contribution in [2.24, 2.45) is 0 Å². The van der Waals surface area contributed by atoms with Crippen LogP contribution in [0.25, 0.3) is 0 Å². The largest absolute Gasteiger partial charge is 0.481 e. The van der Waals surface area contributed by atoms with Crippen molar-refractivity contribution in [1.82, 2.24) is 10.2 Å². The van der Waals surface area contributed by atoms with Crippen LogP contribution in [0, 0.1) is 0 Å². The molecule has 122 valence electrons. The SMILES string of the molecule is O=C(O)CCCCCNC(=O)N(CCO)C1CCCCC1. The molecule has 6 nitrogen and oxygen atoms in total. The van der Waals surface area contributed by atoms with Crippen LogP contribution in [0.2, 0.25) is 0 Å². The van der Waals surface area contributed by atoms with E-state index in [2.05, 4.69) is 5.32 Å². The van der Waals surface area contributed by atoms with Crippen molar-refractivity contribution in [1.29, 1.82) is 0 Å². The van der Waals surface area contributed by atoms with E-state index in [0.717, 1.165) is 38.5 Å². The van der Waals surface area contributed by atoms with Crippen molar-refractivity contribution in [3.8, 4) is 0 Å². The fourth-order valence-electron chi connectivity index (χ4n) is 2.83. The summed E-state index contributed by atoms with van der Waals surface area (Å²) in [7, 11) is 0. The van der Waals surface area contributed by atoms with Gasteiger partial charge in [-0.1, -0.05) is 25.7 Å². The van der Waals surface area contributed by atoms with E-state index >= 15 is 0 Å².